The lowest BCUT2D eigenvalue weighted by Crippen LogP contribution is -2.35. The Hall–Kier alpha value is -2.04. The molecule has 21 heavy (non-hydrogen) atoms. The molecular formula is C16H21NO4. The highest BCUT2D eigenvalue weighted by Crippen LogP contribution is 2.24. The van der Waals surface area contributed by atoms with Crippen molar-refractivity contribution in [2.75, 3.05) is 13.7 Å². The van der Waals surface area contributed by atoms with E-state index in [-0.39, 0.29) is 12.3 Å². The smallest absolute Gasteiger partial charge is 0.303 e. The number of unbranched alkanes of at least 4 members (excludes halogenated alkanes) is 1. The van der Waals surface area contributed by atoms with E-state index in [9.17, 15) is 9.59 Å². The molecule has 2 rings (SSSR count). The Labute approximate surface area is 124 Å². The van der Waals surface area contributed by atoms with Crippen molar-refractivity contribution >= 4 is 11.9 Å². The summed E-state index contributed by atoms with van der Waals surface area (Å²) in [4.78, 5) is 24.4. The third kappa shape index (κ3) is 4.21. The first-order valence-electron chi connectivity index (χ1n) is 7.25. The molecule has 0 aliphatic carbocycles. The quantitative estimate of drug-likeness (QED) is 0.816. The van der Waals surface area contributed by atoms with Gasteiger partial charge in [0.15, 0.2) is 0 Å². The lowest BCUT2D eigenvalue weighted by atomic mass is 9.99. The first-order chi connectivity index (χ1) is 10.1. The van der Waals surface area contributed by atoms with Crippen LogP contribution in [-0.2, 0) is 22.6 Å². The van der Waals surface area contributed by atoms with Gasteiger partial charge >= 0.3 is 5.97 Å². The van der Waals surface area contributed by atoms with Gasteiger partial charge in [-0.2, -0.15) is 0 Å². The molecule has 0 saturated carbocycles. The number of rotatable bonds is 6. The topological polar surface area (TPSA) is 66.8 Å². The summed E-state index contributed by atoms with van der Waals surface area (Å²) in [5, 5.41) is 8.58. The molecular weight excluding hydrogens is 270 g/mol. The number of carbonyl (C=O) groups excluding carboxylic acids is 1. The minimum Gasteiger partial charge on any atom is -0.497 e. The molecule has 1 amide bonds. The number of benzene rings is 1. The predicted octanol–water partition coefficient (Wildman–Crippen LogP) is 2.22. The van der Waals surface area contributed by atoms with Crippen LogP contribution in [0.2, 0.25) is 0 Å². The molecule has 0 radical (unpaired) electrons. The van der Waals surface area contributed by atoms with E-state index in [4.69, 9.17) is 9.84 Å². The molecule has 0 atom stereocenters. The maximum absolute atomic E-state index is 12.2. The first kappa shape index (κ1) is 15.4. The minimum absolute atomic E-state index is 0.105. The number of carboxylic acid groups (broad SMARTS) is 1. The molecule has 1 aliphatic rings. The summed E-state index contributed by atoms with van der Waals surface area (Å²) in [6.07, 6.45) is 2.60. The summed E-state index contributed by atoms with van der Waals surface area (Å²) >= 11 is 0. The molecule has 5 nitrogen and oxygen atoms in total. The number of nitrogens with zero attached hydrogens (tertiary/aromatic N) is 1. The van der Waals surface area contributed by atoms with E-state index in [2.05, 4.69) is 6.07 Å². The van der Waals surface area contributed by atoms with Crippen molar-refractivity contribution in [2.24, 2.45) is 0 Å². The number of methoxy groups -OCH3 is 1. The number of carboxylic acids is 1. The lowest BCUT2D eigenvalue weighted by Gasteiger charge is -2.29. The number of hydrogen-bond donors (Lipinski definition) is 1. The van der Waals surface area contributed by atoms with Crippen LogP contribution in [0.3, 0.4) is 0 Å². The SMILES string of the molecule is COc1ccc2c(c1)CN(C(=O)CCCCC(=O)O)CC2. The van der Waals surface area contributed by atoms with Crippen LogP contribution in [-0.4, -0.2) is 35.5 Å². The summed E-state index contributed by atoms with van der Waals surface area (Å²) in [6, 6.07) is 5.99. The van der Waals surface area contributed by atoms with Crippen molar-refractivity contribution in [1.29, 1.82) is 0 Å². The van der Waals surface area contributed by atoms with E-state index in [1.54, 1.807) is 7.11 Å². The number of aliphatic carboxylic acids is 1. The van der Waals surface area contributed by atoms with E-state index in [0.717, 1.165) is 24.3 Å². The number of carbonyl (C=O) groups is 2. The lowest BCUT2D eigenvalue weighted by molar-refractivity contribution is -0.137. The molecule has 1 heterocycles. The highest BCUT2D eigenvalue weighted by molar-refractivity contribution is 5.76. The van der Waals surface area contributed by atoms with Crippen molar-refractivity contribution in [3.63, 3.8) is 0 Å². The number of amides is 1. The molecule has 114 valence electrons. The standard InChI is InChI=1S/C16H21NO4/c1-21-14-7-6-12-8-9-17(11-13(12)10-14)15(18)4-2-3-5-16(19)20/h6-7,10H,2-5,8-9,11H2,1H3,(H,19,20). The molecule has 1 aliphatic heterocycles. The summed E-state index contributed by atoms with van der Waals surface area (Å²) < 4.78 is 5.22. The second-order valence-electron chi connectivity index (χ2n) is 5.30. The van der Waals surface area contributed by atoms with Crippen LogP contribution in [0, 0.1) is 0 Å². The van der Waals surface area contributed by atoms with Crippen LogP contribution in [0.4, 0.5) is 0 Å². The van der Waals surface area contributed by atoms with Crippen molar-refractivity contribution in [2.45, 2.75) is 38.6 Å². The van der Waals surface area contributed by atoms with Crippen LogP contribution < -0.4 is 4.74 Å². The summed E-state index contributed by atoms with van der Waals surface area (Å²) in [5.41, 5.74) is 2.41. The van der Waals surface area contributed by atoms with Gasteiger partial charge in [-0.25, -0.2) is 0 Å². The molecule has 1 aromatic carbocycles. The molecule has 5 heteroatoms. The van der Waals surface area contributed by atoms with Crippen molar-refractivity contribution < 1.29 is 19.4 Å². The molecule has 0 spiro atoms. The third-order valence-electron chi connectivity index (χ3n) is 3.81. The average Bonchev–Trinajstić information content (AvgIpc) is 2.50. The van der Waals surface area contributed by atoms with E-state index in [1.165, 1.54) is 5.56 Å². The zero-order valence-electron chi connectivity index (χ0n) is 12.3. The fraction of sp³-hybridized carbons (Fsp3) is 0.500. The Morgan fingerprint density at radius 1 is 1.24 bits per heavy atom. The Morgan fingerprint density at radius 2 is 2.00 bits per heavy atom. The van der Waals surface area contributed by atoms with Gasteiger partial charge in [0.05, 0.1) is 7.11 Å². The van der Waals surface area contributed by atoms with Gasteiger partial charge in [0, 0.05) is 25.9 Å². The van der Waals surface area contributed by atoms with Crippen molar-refractivity contribution in [3.8, 4) is 5.75 Å². The summed E-state index contributed by atoms with van der Waals surface area (Å²) in [7, 11) is 1.63. The largest absolute Gasteiger partial charge is 0.497 e. The molecule has 0 saturated heterocycles. The Balaban J connectivity index is 1.88. The fourth-order valence-corrected chi connectivity index (χ4v) is 2.58. The van der Waals surface area contributed by atoms with Crippen LogP contribution >= 0.6 is 0 Å². The molecule has 0 fully saturated rings. The van der Waals surface area contributed by atoms with E-state index in [1.807, 2.05) is 17.0 Å². The van der Waals surface area contributed by atoms with Crippen LogP contribution in [0.1, 0.15) is 36.8 Å². The highest BCUT2D eigenvalue weighted by atomic mass is 16.5. The van der Waals surface area contributed by atoms with Gasteiger partial charge in [-0.3, -0.25) is 9.59 Å². The Kier molecular flexibility index (Phi) is 5.20. The van der Waals surface area contributed by atoms with Gasteiger partial charge in [-0.1, -0.05) is 6.07 Å². The van der Waals surface area contributed by atoms with Gasteiger partial charge < -0.3 is 14.7 Å². The molecule has 1 aromatic rings. The summed E-state index contributed by atoms with van der Waals surface area (Å²) in [5.74, 6) is 0.111. The van der Waals surface area contributed by atoms with Gasteiger partial charge in [0.2, 0.25) is 5.91 Å². The first-order valence-corrected chi connectivity index (χ1v) is 7.25. The maximum Gasteiger partial charge on any atom is 0.303 e. The van der Waals surface area contributed by atoms with E-state index >= 15 is 0 Å². The predicted molar refractivity (Wildman–Crippen MR) is 78.2 cm³/mol. The molecule has 0 bridgehead atoms. The van der Waals surface area contributed by atoms with Gasteiger partial charge in [-0.15, -0.1) is 0 Å². The average molecular weight is 291 g/mol. The van der Waals surface area contributed by atoms with Crippen molar-refractivity contribution in [3.05, 3.63) is 29.3 Å². The third-order valence-corrected chi connectivity index (χ3v) is 3.81. The van der Waals surface area contributed by atoms with Gasteiger partial charge in [0.1, 0.15) is 5.75 Å². The molecule has 0 unspecified atom stereocenters. The second kappa shape index (κ2) is 7.11. The van der Waals surface area contributed by atoms with Gasteiger partial charge in [-0.05, 0) is 42.5 Å². The monoisotopic (exact) mass is 291 g/mol. The van der Waals surface area contributed by atoms with Gasteiger partial charge in [0.25, 0.3) is 0 Å². The number of ether oxygens (including phenoxy) is 1. The minimum atomic E-state index is -0.804. The Morgan fingerprint density at radius 3 is 2.71 bits per heavy atom. The maximum atomic E-state index is 12.2. The molecule has 1 N–H and O–H groups in total. The number of hydrogen-bond acceptors (Lipinski definition) is 3. The highest BCUT2D eigenvalue weighted by Gasteiger charge is 2.20. The second-order valence-corrected chi connectivity index (χ2v) is 5.30. The zero-order valence-corrected chi connectivity index (χ0v) is 12.3. The normalized spacial score (nSPS) is 13.7. The van der Waals surface area contributed by atoms with Crippen LogP contribution in [0.25, 0.3) is 0 Å². The van der Waals surface area contributed by atoms with E-state index < -0.39 is 5.97 Å². The molecule has 0 aromatic heterocycles. The fourth-order valence-electron chi connectivity index (χ4n) is 2.58. The van der Waals surface area contributed by atoms with E-state index in [0.29, 0.717) is 25.8 Å². The summed E-state index contributed by atoms with van der Waals surface area (Å²) in [6.45, 7) is 1.35. The van der Waals surface area contributed by atoms with Crippen LogP contribution in [0.5, 0.6) is 5.75 Å². The zero-order chi connectivity index (χ0) is 15.2. The van der Waals surface area contributed by atoms with Crippen LogP contribution in [0.15, 0.2) is 18.2 Å². The van der Waals surface area contributed by atoms with Crippen molar-refractivity contribution in [1.82, 2.24) is 4.90 Å². The Bertz CT molecular complexity index is 527. The number of fused-ring (bicyclic) bond motifs is 1.